The molecule has 0 spiro atoms. The standard InChI is InChI=1S/C19H28BO/c1-14(12-21-16-7-5-4-6-8-16)15-9-10-18-17(11-15)19(2,3)13-20-18/h9-11,14,16H,4-8,12-13H2,1-3H3. The molecule has 2 heteroatoms. The summed E-state index contributed by atoms with van der Waals surface area (Å²) < 4.78 is 6.16. The van der Waals surface area contributed by atoms with Crippen molar-refractivity contribution < 1.29 is 4.74 Å². The first kappa shape index (κ1) is 15.2. The lowest BCUT2D eigenvalue weighted by Crippen LogP contribution is -2.20. The molecule has 3 rings (SSSR count). The molecule has 0 aromatic heterocycles. The maximum Gasteiger partial charge on any atom is 0.152 e. The molecule has 1 saturated carbocycles. The minimum Gasteiger partial charge on any atom is -0.378 e. The maximum atomic E-state index is 6.16. The molecule has 0 amide bonds. The van der Waals surface area contributed by atoms with Gasteiger partial charge in [0.15, 0.2) is 7.28 Å². The van der Waals surface area contributed by atoms with E-state index in [2.05, 4.69) is 46.2 Å². The van der Waals surface area contributed by atoms with Gasteiger partial charge in [-0.1, -0.05) is 70.0 Å². The number of hydrogen-bond donors (Lipinski definition) is 0. The molecule has 21 heavy (non-hydrogen) atoms. The van der Waals surface area contributed by atoms with Crippen molar-refractivity contribution in [2.24, 2.45) is 0 Å². The van der Waals surface area contributed by atoms with Gasteiger partial charge < -0.3 is 4.74 Å². The minimum atomic E-state index is 0.301. The van der Waals surface area contributed by atoms with Crippen LogP contribution in [0.4, 0.5) is 0 Å². The predicted octanol–water partition coefficient (Wildman–Crippen LogP) is 4.18. The summed E-state index contributed by atoms with van der Waals surface area (Å²) in [5, 5.41) is 0. The SMILES string of the molecule is CC(COC1CCCCC1)c1ccc2c(c1)C(C)(C)C[B]2. The zero-order chi connectivity index (χ0) is 14.9. The van der Waals surface area contributed by atoms with E-state index in [4.69, 9.17) is 4.74 Å². The Labute approximate surface area is 130 Å². The first-order valence-corrected chi connectivity index (χ1v) is 8.65. The van der Waals surface area contributed by atoms with Crippen molar-refractivity contribution in [3.05, 3.63) is 29.3 Å². The van der Waals surface area contributed by atoms with E-state index in [0.717, 1.165) is 6.61 Å². The predicted molar refractivity (Wildman–Crippen MR) is 90.9 cm³/mol. The Bertz CT molecular complexity index is 488. The van der Waals surface area contributed by atoms with Crippen LogP contribution in [0, 0.1) is 0 Å². The summed E-state index contributed by atoms with van der Waals surface area (Å²) in [6.45, 7) is 7.87. The van der Waals surface area contributed by atoms with Crippen molar-refractivity contribution in [3.8, 4) is 0 Å². The molecule has 1 aromatic carbocycles. The highest BCUT2D eigenvalue weighted by atomic mass is 16.5. The molecule has 1 unspecified atom stereocenters. The third-order valence-corrected chi connectivity index (χ3v) is 5.34. The molecule has 0 bridgehead atoms. The summed E-state index contributed by atoms with van der Waals surface area (Å²) in [5.74, 6) is 0.494. The highest BCUT2D eigenvalue weighted by Gasteiger charge is 2.30. The average Bonchev–Trinajstić information content (AvgIpc) is 2.81. The van der Waals surface area contributed by atoms with Crippen molar-refractivity contribution in [1.82, 2.24) is 0 Å². The molecule has 1 radical (unpaired) electrons. The van der Waals surface area contributed by atoms with Gasteiger partial charge in [0.1, 0.15) is 0 Å². The smallest absolute Gasteiger partial charge is 0.152 e. The van der Waals surface area contributed by atoms with Gasteiger partial charge in [0.05, 0.1) is 12.7 Å². The summed E-state index contributed by atoms with van der Waals surface area (Å²) >= 11 is 0. The number of fused-ring (bicyclic) bond motifs is 1. The minimum absolute atomic E-state index is 0.301. The van der Waals surface area contributed by atoms with Crippen LogP contribution in [-0.4, -0.2) is 20.0 Å². The molecule has 1 atom stereocenters. The van der Waals surface area contributed by atoms with Crippen LogP contribution in [0.1, 0.15) is 69.9 Å². The van der Waals surface area contributed by atoms with Crippen molar-refractivity contribution in [2.45, 2.75) is 76.6 Å². The highest BCUT2D eigenvalue weighted by Crippen LogP contribution is 2.33. The largest absolute Gasteiger partial charge is 0.378 e. The Balaban J connectivity index is 1.63. The summed E-state index contributed by atoms with van der Waals surface area (Å²) in [7, 11) is 2.38. The second kappa shape index (κ2) is 6.16. The summed E-state index contributed by atoms with van der Waals surface area (Å²) in [6.07, 6.45) is 8.30. The van der Waals surface area contributed by atoms with Gasteiger partial charge in [0.2, 0.25) is 0 Å². The molecule has 2 aliphatic rings. The molecule has 1 aromatic rings. The fraction of sp³-hybridized carbons (Fsp3) is 0.684. The molecular weight excluding hydrogens is 255 g/mol. The van der Waals surface area contributed by atoms with E-state index in [-0.39, 0.29) is 0 Å². The summed E-state index contributed by atoms with van der Waals surface area (Å²) in [6, 6.07) is 7.02. The number of ether oxygens (including phenoxy) is 1. The van der Waals surface area contributed by atoms with E-state index < -0.39 is 0 Å². The Morgan fingerprint density at radius 2 is 2.00 bits per heavy atom. The molecule has 1 heterocycles. The van der Waals surface area contributed by atoms with Crippen LogP contribution in [-0.2, 0) is 10.2 Å². The van der Waals surface area contributed by atoms with Gasteiger partial charge >= 0.3 is 0 Å². The topological polar surface area (TPSA) is 9.23 Å². The monoisotopic (exact) mass is 283 g/mol. The molecule has 0 N–H and O–H groups in total. The van der Waals surface area contributed by atoms with Crippen molar-refractivity contribution in [3.63, 3.8) is 0 Å². The second-order valence-electron chi connectivity index (χ2n) is 7.63. The number of benzene rings is 1. The molecule has 113 valence electrons. The van der Waals surface area contributed by atoms with Crippen LogP contribution < -0.4 is 5.46 Å². The van der Waals surface area contributed by atoms with Gasteiger partial charge in [0.25, 0.3) is 0 Å². The number of hydrogen-bond acceptors (Lipinski definition) is 1. The van der Waals surface area contributed by atoms with E-state index in [0.29, 0.717) is 17.4 Å². The van der Waals surface area contributed by atoms with Crippen LogP contribution in [0.5, 0.6) is 0 Å². The molecule has 1 aliphatic heterocycles. The lowest BCUT2D eigenvalue weighted by Gasteiger charge is -2.25. The van der Waals surface area contributed by atoms with E-state index in [1.807, 2.05) is 0 Å². The van der Waals surface area contributed by atoms with Crippen LogP contribution >= 0.6 is 0 Å². The van der Waals surface area contributed by atoms with Crippen molar-refractivity contribution >= 4 is 12.7 Å². The third-order valence-electron chi connectivity index (χ3n) is 5.34. The molecule has 0 saturated heterocycles. The Kier molecular flexibility index (Phi) is 4.45. The van der Waals surface area contributed by atoms with Gasteiger partial charge in [-0.15, -0.1) is 0 Å². The van der Waals surface area contributed by atoms with Crippen molar-refractivity contribution in [2.75, 3.05) is 6.61 Å². The van der Waals surface area contributed by atoms with Crippen LogP contribution in [0.25, 0.3) is 0 Å². The van der Waals surface area contributed by atoms with Crippen LogP contribution in [0.15, 0.2) is 18.2 Å². The van der Waals surface area contributed by atoms with E-state index in [1.165, 1.54) is 55.0 Å². The quantitative estimate of drug-likeness (QED) is 0.753. The average molecular weight is 283 g/mol. The first-order valence-electron chi connectivity index (χ1n) is 8.65. The second-order valence-corrected chi connectivity index (χ2v) is 7.63. The van der Waals surface area contributed by atoms with Gasteiger partial charge in [-0.05, 0) is 29.4 Å². The number of rotatable bonds is 4. The van der Waals surface area contributed by atoms with Gasteiger partial charge in [-0.3, -0.25) is 0 Å². The fourth-order valence-corrected chi connectivity index (χ4v) is 3.73. The van der Waals surface area contributed by atoms with E-state index in [1.54, 1.807) is 0 Å². The van der Waals surface area contributed by atoms with Crippen LogP contribution in [0.3, 0.4) is 0 Å². The fourth-order valence-electron chi connectivity index (χ4n) is 3.73. The highest BCUT2D eigenvalue weighted by molar-refractivity contribution is 6.56. The third kappa shape index (κ3) is 3.36. The summed E-state index contributed by atoms with van der Waals surface area (Å²) in [5.41, 5.74) is 4.69. The van der Waals surface area contributed by atoms with Gasteiger partial charge in [0, 0.05) is 5.92 Å². The Hall–Kier alpha value is -0.755. The Morgan fingerprint density at radius 1 is 1.24 bits per heavy atom. The summed E-state index contributed by atoms with van der Waals surface area (Å²) in [4.78, 5) is 0. The van der Waals surface area contributed by atoms with Crippen LogP contribution in [0.2, 0.25) is 6.32 Å². The van der Waals surface area contributed by atoms with Gasteiger partial charge in [-0.25, -0.2) is 0 Å². The lowest BCUT2D eigenvalue weighted by molar-refractivity contribution is 0.0220. The lowest BCUT2D eigenvalue weighted by atomic mass is 9.69. The van der Waals surface area contributed by atoms with Crippen molar-refractivity contribution in [1.29, 1.82) is 0 Å². The Morgan fingerprint density at radius 3 is 2.76 bits per heavy atom. The molecular formula is C19H28BO. The molecule has 1 fully saturated rings. The van der Waals surface area contributed by atoms with Gasteiger partial charge in [-0.2, -0.15) is 0 Å². The van der Waals surface area contributed by atoms with E-state index in [9.17, 15) is 0 Å². The molecule has 1 aliphatic carbocycles. The zero-order valence-electron chi connectivity index (χ0n) is 13.8. The zero-order valence-corrected chi connectivity index (χ0v) is 13.8. The normalized spacial score (nSPS) is 22.6. The first-order chi connectivity index (χ1) is 10.1. The van der Waals surface area contributed by atoms with E-state index >= 15 is 0 Å². The maximum absolute atomic E-state index is 6.16. The molecule has 1 nitrogen and oxygen atoms in total.